The molecule has 2 N–H and O–H groups in total. The lowest BCUT2D eigenvalue weighted by atomic mass is 10.4. The van der Waals surface area contributed by atoms with Gasteiger partial charge in [0.2, 0.25) is 0 Å². The van der Waals surface area contributed by atoms with E-state index in [0.29, 0.717) is 6.54 Å². The predicted molar refractivity (Wildman–Crippen MR) is 33.4 cm³/mol. The Bertz CT molecular complexity index is 98.8. The van der Waals surface area contributed by atoms with E-state index in [1.54, 1.807) is 6.92 Å². The normalized spacial score (nSPS) is 11.9. The van der Waals surface area contributed by atoms with Crippen LogP contribution in [0.3, 0.4) is 0 Å². The van der Waals surface area contributed by atoms with Crippen LogP contribution in [0.25, 0.3) is 0 Å². The second-order valence-corrected chi connectivity index (χ2v) is 1.53. The summed E-state index contributed by atoms with van der Waals surface area (Å²) in [6, 6.07) is 0. The number of hydrogen-bond acceptors (Lipinski definition) is 2. The maximum Gasteiger partial charge on any atom is 0.112 e. The molecule has 0 aliphatic rings. The molecule has 1 unspecified atom stereocenters. The van der Waals surface area contributed by atoms with Crippen molar-refractivity contribution in [3.05, 3.63) is 0 Å². The van der Waals surface area contributed by atoms with Crippen LogP contribution in [0, 0.1) is 11.8 Å². The number of hydrogen-bond donors (Lipinski definition) is 2. The molecular formula is C6H11NO. The number of aliphatic hydroxyl groups is 1. The summed E-state index contributed by atoms with van der Waals surface area (Å²) >= 11 is 0. The van der Waals surface area contributed by atoms with Crippen LogP contribution in [0.15, 0.2) is 0 Å². The Hall–Kier alpha value is -0.520. The molecule has 0 rings (SSSR count). The van der Waals surface area contributed by atoms with Crippen LogP contribution in [-0.2, 0) is 0 Å². The van der Waals surface area contributed by atoms with Gasteiger partial charge in [0.25, 0.3) is 0 Å². The van der Waals surface area contributed by atoms with Gasteiger partial charge in [0.05, 0.1) is 6.54 Å². The van der Waals surface area contributed by atoms with E-state index in [9.17, 15) is 0 Å². The summed E-state index contributed by atoms with van der Waals surface area (Å²) in [6.07, 6.45) is -0.497. The lowest BCUT2D eigenvalue weighted by Gasteiger charge is -1.86. The molecule has 0 radical (unpaired) electrons. The average Bonchev–Trinajstić information content (AvgIpc) is 1.66. The fourth-order valence-electron chi connectivity index (χ4n) is 0.287. The first-order chi connectivity index (χ1) is 3.77. The molecular weight excluding hydrogens is 102 g/mol. The molecule has 0 spiro atoms. The Balaban J connectivity index is 3.20. The quantitative estimate of drug-likeness (QED) is 0.453. The molecule has 0 bridgehead atoms. The molecule has 0 aliphatic carbocycles. The van der Waals surface area contributed by atoms with Gasteiger partial charge in [-0.15, -0.1) is 0 Å². The Morgan fingerprint density at radius 1 is 1.75 bits per heavy atom. The van der Waals surface area contributed by atoms with E-state index < -0.39 is 6.10 Å². The zero-order valence-corrected chi connectivity index (χ0v) is 5.23. The van der Waals surface area contributed by atoms with Gasteiger partial charge in [-0.2, -0.15) is 0 Å². The van der Waals surface area contributed by atoms with Gasteiger partial charge in [-0.25, -0.2) is 0 Å². The minimum atomic E-state index is -0.497. The minimum absolute atomic E-state index is 0.497. The van der Waals surface area contributed by atoms with Gasteiger partial charge in [-0.05, 0) is 14.0 Å². The topological polar surface area (TPSA) is 32.3 Å². The molecule has 0 aromatic carbocycles. The first kappa shape index (κ1) is 7.48. The van der Waals surface area contributed by atoms with Crippen molar-refractivity contribution in [1.82, 2.24) is 5.32 Å². The molecule has 0 saturated carbocycles. The summed E-state index contributed by atoms with van der Waals surface area (Å²) in [7, 11) is 1.82. The third-order valence-electron chi connectivity index (χ3n) is 0.576. The molecule has 0 fully saturated rings. The highest BCUT2D eigenvalue weighted by Gasteiger charge is 1.79. The molecule has 46 valence electrons. The lowest BCUT2D eigenvalue weighted by Crippen LogP contribution is -2.05. The van der Waals surface area contributed by atoms with Gasteiger partial charge >= 0.3 is 0 Å². The summed E-state index contributed by atoms with van der Waals surface area (Å²) < 4.78 is 0. The summed E-state index contributed by atoms with van der Waals surface area (Å²) in [5.74, 6) is 5.31. The van der Waals surface area contributed by atoms with Crippen molar-refractivity contribution in [1.29, 1.82) is 0 Å². The number of rotatable bonds is 1. The standard InChI is InChI=1S/C6H11NO/c1-6(8)4-3-5-7-2/h6-8H,5H2,1-2H3. The van der Waals surface area contributed by atoms with Gasteiger partial charge < -0.3 is 10.4 Å². The van der Waals surface area contributed by atoms with E-state index in [0.717, 1.165) is 0 Å². The SMILES string of the molecule is CNCC#CC(C)O. The second kappa shape index (κ2) is 4.63. The highest BCUT2D eigenvalue weighted by atomic mass is 16.3. The molecule has 0 heterocycles. The van der Waals surface area contributed by atoms with Crippen molar-refractivity contribution < 1.29 is 5.11 Å². The van der Waals surface area contributed by atoms with Gasteiger partial charge in [0.1, 0.15) is 6.10 Å². The molecule has 8 heavy (non-hydrogen) atoms. The van der Waals surface area contributed by atoms with E-state index in [1.807, 2.05) is 7.05 Å². The highest BCUT2D eigenvalue weighted by molar-refractivity contribution is 5.04. The smallest absolute Gasteiger partial charge is 0.112 e. The first-order valence-corrected chi connectivity index (χ1v) is 2.58. The van der Waals surface area contributed by atoms with Crippen LogP contribution < -0.4 is 5.32 Å². The zero-order chi connectivity index (χ0) is 6.41. The molecule has 1 atom stereocenters. The maximum absolute atomic E-state index is 8.58. The van der Waals surface area contributed by atoms with E-state index in [4.69, 9.17) is 5.11 Å². The van der Waals surface area contributed by atoms with Crippen molar-refractivity contribution in [2.75, 3.05) is 13.6 Å². The minimum Gasteiger partial charge on any atom is -0.381 e. The molecule has 2 heteroatoms. The van der Waals surface area contributed by atoms with Crippen LogP contribution in [0.4, 0.5) is 0 Å². The number of nitrogens with one attached hydrogen (secondary N) is 1. The van der Waals surface area contributed by atoms with Crippen molar-refractivity contribution >= 4 is 0 Å². The van der Waals surface area contributed by atoms with Gasteiger partial charge in [-0.3, -0.25) is 0 Å². The Morgan fingerprint density at radius 2 is 2.38 bits per heavy atom. The van der Waals surface area contributed by atoms with Crippen molar-refractivity contribution in [2.45, 2.75) is 13.0 Å². The molecule has 0 aromatic heterocycles. The van der Waals surface area contributed by atoms with Crippen LogP contribution in [-0.4, -0.2) is 24.8 Å². The van der Waals surface area contributed by atoms with Gasteiger partial charge in [-0.1, -0.05) is 11.8 Å². The van der Waals surface area contributed by atoms with Crippen LogP contribution in [0.1, 0.15) is 6.92 Å². The predicted octanol–water partition coefficient (Wildman–Crippen LogP) is -0.410. The van der Waals surface area contributed by atoms with Gasteiger partial charge in [0.15, 0.2) is 0 Å². The third-order valence-corrected chi connectivity index (χ3v) is 0.576. The Kier molecular flexibility index (Phi) is 4.33. The maximum atomic E-state index is 8.58. The fourth-order valence-corrected chi connectivity index (χ4v) is 0.287. The third kappa shape index (κ3) is 5.48. The summed E-state index contributed by atoms with van der Waals surface area (Å²) in [4.78, 5) is 0. The highest BCUT2D eigenvalue weighted by Crippen LogP contribution is 1.69. The van der Waals surface area contributed by atoms with Crippen molar-refractivity contribution in [3.8, 4) is 11.8 Å². The molecule has 0 aromatic rings. The van der Waals surface area contributed by atoms with Crippen molar-refractivity contribution in [2.24, 2.45) is 0 Å². The fraction of sp³-hybridized carbons (Fsp3) is 0.667. The zero-order valence-electron chi connectivity index (χ0n) is 5.23. The van der Waals surface area contributed by atoms with Crippen molar-refractivity contribution in [3.63, 3.8) is 0 Å². The monoisotopic (exact) mass is 113 g/mol. The summed E-state index contributed by atoms with van der Waals surface area (Å²) in [6.45, 7) is 2.29. The molecule has 0 saturated heterocycles. The molecule has 2 nitrogen and oxygen atoms in total. The van der Waals surface area contributed by atoms with E-state index in [2.05, 4.69) is 17.2 Å². The van der Waals surface area contributed by atoms with Crippen LogP contribution in [0.5, 0.6) is 0 Å². The average molecular weight is 113 g/mol. The number of aliphatic hydroxyl groups excluding tert-OH is 1. The molecule has 0 aliphatic heterocycles. The summed E-state index contributed by atoms with van der Waals surface area (Å²) in [5, 5.41) is 11.4. The van der Waals surface area contributed by atoms with E-state index in [1.165, 1.54) is 0 Å². The van der Waals surface area contributed by atoms with Crippen LogP contribution in [0.2, 0.25) is 0 Å². The largest absolute Gasteiger partial charge is 0.381 e. The Morgan fingerprint density at radius 3 is 2.75 bits per heavy atom. The van der Waals surface area contributed by atoms with Crippen LogP contribution >= 0.6 is 0 Å². The first-order valence-electron chi connectivity index (χ1n) is 2.58. The molecule has 0 amide bonds. The Labute approximate surface area is 49.9 Å². The summed E-state index contributed by atoms with van der Waals surface area (Å²) in [5.41, 5.74) is 0. The second-order valence-electron chi connectivity index (χ2n) is 1.53. The lowest BCUT2D eigenvalue weighted by molar-refractivity contribution is 0.253. The van der Waals surface area contributed by atoms with Gasteiger partial charge in [0, 0.05) is 0 Å². The van der Waals surface area contributed by atoms with E-state index >= 15 is 0 Å². The van der Waals surface area contributed by atoms with E-state index in [-0.39, 0.29) is 0 Å².